The molecule has 1 unspecified atom stereocenters. The number of hydrogen-bond acceptors (Lipinski definition) is 4. The van der Waals surface area contributed by atoms with Crippen LogP contribution in [0.3, 0.4) is 0 Å². The monoisotopic (exact) mass is 351 g/mol. The van der Waals surface area contributed by atoms with E-state index in [2.05, 4.69) is 32.1 Å². The van der Waals surface area contributed by atoms with Crippen molar-refractivity contribution >= 4 is 0 Å². The zero-order chi connectivity index (χ0) is 17.9. The zero-order valence-electron chi connectivity index (χ0n) is 15.0. The lowest BCUT2D eigenvalue weighted by Gasteiger charge is -2.16. The molecule has 1 aromatic carbocycles. The van der Waals surface area contributed by atoms with Crippen LogP contribution >= 0.6 is 0 Å². The summed E-state index contributed by atoms with van der Waals surface area (Å²) in [4.78, 5) is 4.52. The molecule has 6 nitrogen and oxygen atoms in total. The molecule has 26 heavy (non-hydrogen) atoms. The van der Waals surface area contributed by atoms with Gasteiger partial charge in [-0.05, 0) is 24.8 Å². The second kappa shape index (κ2) is 7.43. The van der Waals surface area contributed by atoms with Crippen LogP contribution in [-0.4, -0.2) is 36.6 Å². The van der Waals surface area contributed by atoms with E-state index in [1.807, 2.05) is 48.4 Å². The molecule has 0 saturated heterocycles. The average Bonchev–Trinajstić information content (AvgIpc) is 3.35. The second-order valence-electron chi connectivity index (χ2n) is 7.11. The number of rotatable bonds is 6. The van der Waals surface area contributed by atoms with Gasteiger partial charge in [0.15, 0.2) is 0 Å². The molecule has 0 bridgehead atoms. The van der Waals surface area contributed by atoms with Crippen LogP contribution in [0.2, 0.25) is 0 Å². The highest BCUT2D eigenvalue weighted by Gasteiger charge is 2.33. The lowest BCUT2D eigenvalue weighted by atomic mass is 10.1. The highest BCUT2D eigenvalue weighted by atomic mass is 16.3. The fourth-order valence-corrected chi connectivity index (χ4v) is 3.88. The summed E-state index contributed by atoms with van der Waals surface area (Å²) in [5, 5.41) is 18.1. The molecule has 1 aliphatic rings. The Bertz CT molecular complexity index is 841. The van der Waals surface area contributed by atoms with Gasteiger partial charge < -0.3 is 15.0 Å². The highest BCUT2D eigenvalue weighted by Crippen LogP contribution is 2.29. The quantitative estimate of drug-likeness (QED) is 0.714. The van der Waals surface area contributed by atoms with E-state index in [1.54, 1.807) is 6.20 Å². The Kier molecular flexibility index (Phi) is 4.86. The van der Waals surface area contributed by atoms with Gasteiger partial charge in [0.25, 0.3) is 0 Å². The van der Waals surface area contributed by atoms with Crippen molar-refractivity contribution in [3.63, 3.8) is 0 Å². The molecule has 0 radical (unpaired) electrons. The fourth-order valence-electron chi connectivity index (χ4n) is 3.88. The second-order valence-corrected chi connectivity index (χ2v) is 7.11. The highest BCUT2D eigenvalue weighted by molar-refractivity contribution is 5.55. The summed E-state index contributed by atoms with van der Waals surface area (Å²) in [6.45, 7) is 1.61. The van der Waals surface area contributed by atoms with Gasteiger partial charge in [-0.3, -0.25) is 4.68 Å². The third-order valence-electron chi connectivity index (χ3n) is 5.30. The van der Waals surface area contributed by atoms with E-state index in [4.69, 9.17) is 0 Å². The van der Waals surface area contributed by atoms with Crippen molar-refractivity contribution in [2.24, 2.45) is 13.0 Å². The molecule has 0 aliphatic heterocycles. The topological polar surface area (TPSA) is 67.9 Å². The van der Waals surface area contributed by atoms with Crippen LogP contribution < -0.4 is 5.32 Å². The predicted molar refractivity (Wildman–Crippen MR) is 100 cm³/mol. The van der Waals surface area contributed by atoms with Crippen molar-refractivity contribution in [1.29, 1.82) is 0 Å². The molecule has 1 saturated carbocycles. The molecule has 3 atom stereocenters. The number of hydrogen-bond donors (Lipinski definition) is 2. The standard InChI is InChI=1S/C20H25N5O/c1-24-17(7-8-23-24)13-22-18-11-15(12-19(18)26)14-25-10-9-21-20(25)16-5-3-2-4-6-16/h2-10,15,18-19,22,26H,11-14H2,1H3/t15?,18-,19-/m1/s1. The van der Waals surface area contributed by atoms with Crippen molar-refractivity contribution in [3.05, 3.63) is 60.7 Å². The lowest BCUT2D eigenvalue weighted by Crippen LogP contribution is -2.35. The summed E-state index contributed by atoms with van der Waals surface area (Å²) in [7, 11) is 1.94. The molecule has 1 aliphatic carbocycles. The lowest BCUT2D eigenvalue weighted by molar-refractivity contribution is 0.145. The molecule has 0 amide bonds. The molecule has 136 valence electrons. The first kappa shape index (κ1) is 17.0. The van der Waals surface area contributed by atoms with Gasteiger partial charge in [0.2, 0.25) is 0 Å². The first-order valence-corrected chi connectivity index (χ1v) is 9.15. The molecule has 2 aromatic heterocycles. The minimum atomic E-state index is -0.308. The maximum Gasteiger partial charge on any atom is 0.139 e. The van der Waals surface area contributed by atoms with E-state index in [0.717, 1.165) is 43.0 Å². The van der Waals surface area contributed by atoms with Crippen LogP contribution in [-0.2, 0) is 20.1 Å². The van der Waals surface area contributed by atoms with Crippen molar-refractivity contribution in [2.75, 3.05) is 0 Å². The Morgan fingerprint density at radius 3 is 2.77 bits per heavy atom. The Morgan fingerprint density at radius 2 is 2.00 bits per heavy atom. The normalized spacial score (nSPS) is 22.8. The summed E-state index contributed by atoms with van der Waals surface area (Å²) in [5.41, 5.74) is 2.25. The molecule has 4 rings (SSSR count). The van der Waals surface area contributed by atoms with Crippen molar-refractivity contribution in [3.8, 4) is 11.4 Å². The number of benzene rings is 1. The van der Waals surface area contributed by atoms with Crippen LogP contribution in [0.25, 0.3) is 11.4 Å². The number of aliphatic hydroxyl groups excluding tert-OH is 1. The van der Waals surface area contributed by atoms with Crippen LogP contribution in [0.5, 0.6) is 0 Å². The molecule has 6 heteroatoms. The first-order chi connectivity index (χ1) is 12.7. The Labute approximate surface area is 153 Å². The van der Waals surface area contributed by atoms with Crippen LogP contribution in [0, 0.1) is 5.92 Å². The number of nitrogens with zero attached hydrogens (tertiary/aromatic N) is 4. The maximum absolute atomic E-state index is 10.5. The number of aryl methyl sites for hydroxylation is 1. The molecule has 3 aromatic rings. The third-order valence-corrected chi connectivity index (χ3v) is 5.30. The molecule has 1 fully saturated rings. The molecule has 2 heterocycles. The Hall–Kier alpha value is -2.44. The van der Waals surface area contributed by atoms with Crippen molar-refractivity contribution in [2.45, 2.75) is 38.1 Å². The summed E-state index contributed by atoms with van der Waals surface area (Å²) in [6, 6.07) is 12.4. The third kappa shape index (κ3) is 3.57. The number of nitrogens with one attached hydrogen (secondary N) is 1. The van der Waals surface area contributed by atoms with E-state index in [1.165, 1.54) is 0 Å². The minimum absolute atomic E-state index is 0.124. The molecular formula is C20H25N5O. The van der Waals surface area contributed by atoms with Gasteiger partial charge >= 0.3 is 0 Å². The van der Waals surface area contributed by atoms with Crippen LogP contribution in [0.4, 0.5) is 0 Å². The summed E-state index contributed by atoms with van der Waals surface area (Å²) >= 11 is 0. The van der Waals surface area contributed by atoms with Gasteiger partial charge in [-0.1, -0.05) is 30.3 Å². The van der Waals surface area contributed by atoms with E-state index >= 15 is 0 Å². The number of aliphatic hydroxyl groups is 1. The average molecular weight is 351 g/mol. The van der Waals surface area contributed by atoms with Crippen molar-refractivity contribution in [1.82, 2.24) is 24.6 Å². The van der Waals surface area contributed by atoms with Gasteiger partial charge in [0.1, 0.15) is 5.82 Å². The minimum Gasteiger partial charge on any atom is -0.391 e. The zero-order valence-corrected chi connectivity index (χ0v) is 15.0. The Morgan fingerprint density at radius 1 is 1.15 bits per heavy atom. The first-order valence-electron chi connectivity index (χ1n) is 9.15. The number of aromatic nitrogens is 4. The Balaban J connectivity index is 1.38. The molecule has 2 N–H and O–H groups in total. The predicted octanol–water partition coefficient (Wildman–Crippen LogP) is 2.21. The maximum atomic E-state index is 10.5. The van der Waals surface area contributed by atoms with Crippen LogP contribution in [0.1, 0.15) is 18.5 Å². The van der Waals surface area contributed by atoms with E-state index in [9.17, 15) is 5.11 Å². The van der Waals surface area contributed by atoms with Crippen molar-refractivity contribution < 1.29 is 5.11 Å². The summed E-state index contributed by atoms with van der Waals surface area (Å²) in [5.74, 6) is 1.43. The molecular weight excluding hydrogens is 326 g/mol. The SMILES string of the molecule is Cn1nccc1CN[C@@H]1CC(Cn2ccnc2-c2ccccc2)C[C@H]1O. The van der Waals surface area contributed by atoms with Gasteiger partial charge in [0.05, 0.1) is 11.8 Å². The fraction of sp³-hybridized carbons (Fsp3) is 0.400. The van der Waals surface area contributed by atoms with Gasteiger partial charge in [-0.15, -0.1) is 0 Å². The summed E-state index contributed by atoms with van der Waals surface area (Å²) in [6.07, 6.45) is 7.16. The van der Waals surface area contributed by atoms with E-state index in [-0.39, 0.29) is 12.1 Å². The van der Waals surface area contributed by atoms with Gasteiger partial charge in [-0.2, -0.15) is 5.10 Å². The number of imidazole rings is 1. The summed E-state index contributed by atoms with van der Waals surface area (Å²) < 4.78 is 4.07. The van der Waals surface area contributed by atoms with E-state index < -0.39 is 0 Å². The molecule has 0 spiro atoms. The van der Waals surface area contributed by atoms with Gasteiger partial charge in [0, 0.05) is 50.3 Å². The van der Waals surface area contributed by atoms with E-state index in [0.29, 0.717) is 5.92 Å². The van der Waals surface area contributed by atoms with Gasteiger partial charge in [-0.25, -0.2) is 4.98 Å². The van der Waals surface area contributed by atoms with Crippen LogP contribution in [0.15, 0.2) is 55.0 Å². The largest absolute Gasteiger partial charge is 0.391 e. The smallest absolute Gasteiger partial charge is 0.139 e.